The molecule has 100 valence electrons. The third-order valence-electron chi connectivity index (χ3n) is 3.09. The van der Waals surface area contributed by atoms with Crippen molar-refractivity contribution < 1.29 is 4.74 Å². The van der Waals surface area contributed by atoms with E-state index in [-0.39, 0.29) is 0 Å². The van der Waals surface area contributed by atoms with Gasteiger partial charge in [-0.2, -0.15) is 0 Å². The smallest absolute Gasteiger partial charge is 0.133 e. The molecule has 0 unspecified atom stereocenters. The Morgan fingerprint density at radius 1 is 1.16 bits per heavy atom. The van der Waals surface area contributed by atoms with E-state index in [1.807, 2.05) is 18.2 Å². The number of ether oxygens (including phenoxy) is 1. The summed E-state index contributed by atoms with van der Waals surface area (Å²) in [6.45, 7) is 3.27. The molecule has 2 rings (SSSR count). The lowest BCUT2D eigenvalue weighted by Gasteiger charge is -2.12. The summed E-state index contributed by atoms with van der Waals surface area (Å²) in [4.78, 5) is 1.17. The van der Waals surface area contributed by atoms with Gasteiger partial charge in [0.15, 0.2) is 0 Å². The molecule has 2 N–H and O–H groups in total. The Balaban J connectivity index is 2.10. The molecule has 0 aromatic heterocycles. The van der Waals surface area contributed by atoms with Crippen LogP contribution < -0.4 is 10.5 Å². The molecule has 19 heavy (non-hydrogen) atoms. The maximum absolute atomic E-state index is 5.92. The Labute approximate surface area is 119 Å². The van der Waals surface area contributed by atoms with E-state index in [1.165, 1.54) is 16.0 Å². The molecule has 0 fully saturated rings. The molecule has 2 aromatic rings. The lowest BCUT2D eigenvalue weighted by atomic mass is 10.1. The minimum Gasteiger partial charge on any atom is -0.488 e. The molecule has 0 heterocycles. The fourth-order valence-corrected chi connectivity index (χ4v) is 2.48. The number of hydrogen-bond acceptors (Lipinski definition) is 3. The van der Waals surface area contributed by atoms with Crippen molar-refractivity contribution in [1.29, 1.82) is 0 Å². The van der Waals surface area contributed by atoms with E-state index in [2.05, 4.69) is 37.4 Å². The van der Waals surface area contributed by atoms with Crippen molar-refractivity contribution in [2.45, 2.75) is 25.0 Å². The summed E-state index contributed by atoms with van der Waals surface area (Å²) in [6, 6.07) is 14.4. The topological polar surface area (TPSA) is 35.2 Å². The summed E-state index contributed by atoms with van der Waals surface area (Å²) in [6.07, 6.45) is 2.06. The predicted molar refractivity (Wildman–Crippen MR) is 81.6 cm³/mol. The predicted octanol–water partition coefficient (Wildman–Crippen LogP) is 3.75. The van der Waals surface area contributed by atoms with Crippen LogP contribution in [0.25, 0.3) is 0 Å². The van der Waals surface area contributed by atoms with Crippen molar-refractivity contribution in [3.8, 4) is 5.75 Å². The van der Waals surface area contributed by atoms with Crippen LogP contribution in [-0.4, -0.2) is 6.26 Å². The number of nitrogens with two attached hydrogens (primary N) is 1. The molecule has 0 aliphatic heterocycles. The molecule has 2 aromatic carbocycles. The number of rotatable bonds is 5. The Morgan fingerprint density at radius 3 is 2.63 bits per heavy atom. The van der Waals surface area contributed by atoms with E-state index in [1.54, 1.807) is 11.8 Å². The second-order valence-electron chi connectivity index (χ2n) is 4.40. The molecule has 0 amide bonds. The van der Waals surface area contributed by atoms with Gasteiger partial charge in [-0.05, 0) is 42.0 Å². The first kappa shape index (κ1) is 14.0. The third-order valence-corrected chi connectivity index (χ3v) is 3.87. The average Bonchev–Trinajstić information content (AvgIpc) is 2.46. The normalized spacial score (nSPS) is 10.5. The van der Waals surface area contributed by atoms with E-state index in [9.17, 15) is 0 Å². The van der Waals surface area contributed by atoms with Crippen molar-refractivity contribution in [3.63, 3.8) is 0 Å². The molecule has 0 spiro atoms. The summed E-state index contributed by atoms with van der Waals surface area (Å²) in [7, 11) is 0. The van der Waals surface area contributed by atoms with Gasteiger partial charge in [0.2, 0.25) is 0 Å². The van der Waals surface area contributed by atoms with Gasteiger partial charge in [0.1, 0.15) is 12.4 Å². The molecule has 0 atom stereocenters. The van der Waals surface area contributed by atoms with Crippen molar-refractivity contribution in [3.05, 3.63) is 59.2 Å². The molecule has 0 aliphatic carbocycles. The summed E-state index contributed by atoms with van der Waals surface area (Å²) in [5.74, 6) is 0.942. The number of benzene rings is 2. The zero-order valence-corrected chi connectivity index (χ0v) is 12.2. The zero-order chi connectivity index (χ0) is 13.7. The Bertz CT molecular complexity index is 554. The van der Waals surface area contributed by atoms with E-state index < -0.39 is 0 Å². The van der Waals surface area contributed by atoms with Crippen LogP contribution in [0.2, 0.25) is 0 Å². The highest BCUT2D eigenvalue weighted by Gasteiger charge is 2.04. The van der Waals surface area contributed by atoms with Gasteiger partial charge in [0.05, 0.1) is 0 Å². The lowest BCUT2D eigenvalue weighted by molar-refractivity contribution is 0.298. The maximum atomic E-state index is 5.92. The van der Waals surface area contributed by atoms with Gasteiger partial charge in [-0.15, -0.1) is 11.8 Å². The van der Waals surface area contributed by atoms with Gasteiger partial charge < -0.3 is 10.5 Å². The molecule has 0 radical (unpaired) electrons. The molecular formula is C16H19NOS. The van der Waals surface area contributed by atoms with Crippen LogP contribution in [-0.2, 0) is 13.2 Å². The fraction of sp³-hybridized carbons (Fsp3) is 0.250. The van der Waals surface area contributed by atoms with Crippen molar-refractivity contribution >= 4 is 11.8 Å². The Hall–Kier alpha value is -1.45. The summed E-state index contributed by atoms with van der Waals surface area (Å²) < 4.78 is 5.92. The van der Waals surface area contributed by atoms with Crippen LogP contribution in [0.4, 0.5) is 0 Å². The first-order valence-electron chi connectivity index (χ1n) is 6.29. The van der Waals surface area contributed by atoms with Crippen LogP contribution in [0.1, 0.15) is 16.7 Å². The summed E-state index contributed by atoms with van der Waals surface area (Å²) in [5.41, 5.74) is 9.22. The van der Waals surface area contributed by atoms with Gasteiger partial charge in [-0.3, -0.25) is 0 Å². The first-order valence-corrected chi connectivity index (χ1v) is 7.51. The highest BCUT2D eigenvalue weighted by molar-refractivity contribution is 7.98. The lowest BCUT2D eigenvalue weighted by Crippen LogP contribution is -2.01. The van der Waals surface area contributed by atoms with Crippen molar-refractivity contribution in [2.24, 2.45) is 5.73 Å². The number of hydrogen-bond donors (Lipinski definition) is 1. The van der Waals surface area contributed by atoms with Crippen LogP contribution in [0.3, 0.4) is 0 Å². The monoisotopic (exact) mass is 273 g/mol. The van der Waals surface area contributed by atoms with Gasteiger partial charge in [0, 0.05) is 11.4 Å². The molecule has 0 aliphatic rings. The number of thioether (sulfide) groups is 1. The van der Waals surface area contributed by atoms with Gasteiger partial charge in [-0.1, -0.05) is 30.3 Å². The average molecular weight is 273 g/mol. The highest BCUT2D eigenvalue weighted by Crippen LogP contribution is 2.27. The molecule has 3 heteroatoms. The molecule has 2 nitrogen and oxygen atoms in total. The van der Waals surface area contributed by atoms with Gasteiger partial charge >= 0.3 is 0 Å². The largest absolute Gasteiger partial charge is 0.488 e. The zero-order valence-electron chi connectivity index (χ0n) is 11.3. The molecule has 0 bridgehead atoms. The van der Waals surface area contributed by atoms with E-state index in [0.29, 0.717) is 13.2 Å². The van der Waals surface area contributed by atoms with Crippen LogP contribution in [0.5, 0.6) is 5.75 Å². The highest BCUT2D eigenvalue weighted by atomic mass is 32.2. The summed E-state index contributed by atoms with van der Waals surface area (Å²) in [5, 5.41) is 0. The van der Waals surface area contributed by atoms with Gasteiger partial charge in [0.25, 0.3) is 0 Å². The first-order chi connectivity index (χ1) is 9.24. The number of para-hydroxylation sites is 1. The molecule has 0 saturated carbocycles. The van der Waals surface area contributed by atoms with Crippen molar-refractivity contribution in [2.75, 3.05) is 6.26 Å². The third kappa shape index (κ3) is 3.52. The second-order valence-corrected chi connectivity index (χ2v) is 5.25. The Kier molecular flexibility index (Phi) is 4.88. The minimum atomic E-state index is 0.581. The Morgan fingerprint density at radius 2 is 1.95 bits per heavy atom. The second kappa shape index (κ2) is 6.64. The van der Waals surface area contributed by atoms with E-state index >= 15 is 0 Å². The quantitative estimate of drug-likeness (QED) is 0.843. The van der Waals surface area contributed by atoms with Crippen LogP contribution >= 0.6 is 11.8 Å². The molecular weight excluding hydrogens is 254 g/mol. The standard InChI is InChI=1S/C16H19NOS/c1-12-9-13(10-17)7-8-14(12)11-18-15-5-3-4-6-16(15)19-2/h3-9H,10-11,17H2,1-2H3. The fourth-order valence-electron chi connectivity index (χ4n) is 1.94. The van der Waals surface area contributed by atoms with E-state index in [4.69, 9.17) is 10.5 Å². The van der Waals surface area contributed by atoms with Gasteiger partial charge in [-0.25, -0.2) is 0 Å². The molecule has 0 saturated heterocycles. The van der Waals surface area contributed by atoms with Crippen LogP contribution in [0.15, 0.2) is 47.4 Å². The van der Waals surface area contributed by atoms with Crippen molar-refractivity contribution in [1.82, 2.24) is 0 Å². The summed E-state index contributed by atoms with van der Waals surface area (Å²) >= 11 is 1.70. The minimum absolute atomic E-state index is 0.581. The number of aryl methyl sites for hydroxylation is 1. The maximum Gasteiger partial charge on any atom is 0.133 e. The van der Waals surface area contributed by atoms with Crippen LogP contribution in [0, 0.1) is 6.92 Å². The van der Waals surface area contributed by atoms with E-state index in [0.717, 1.165) is 11.3 Å². The SMILES string of the molecule is CSc1ccccc1OCc1ccc(CN)cc1C.